The third kappa shape index (κ3) is 5.55. The fraction of sp³-hybridized carbons (Fsp3) is 0.706. The molecule has 0 aromatic heterocycles. The fourth-order valence-electron chi connectivity index (χ4n) is 2.47. The molecule has 4 atom stereocenters. The highest BCUT2D eigenvalue weighted by atomic mass is 16.8. The molecule has 1 aliphatic heterocycles. The van der Waals surface area contributed by atoms with E-state index in [-0.39, 0.29) is 30.7 Å². The summed E-state index contributed by atoms with van der Waals surface area (Å²) in [6.45, 7) is 12.9. The number of ether oxygens (including phenoxy) is 3. The van der Waals surface area contributed by atoms with Crippen LogP contribution < -0.4 is 0 Å². The van der Waals surface area contributed by atoms with Crippen LogP contribution in [0.25, 0.3) is 0 Å². The summed E-state index contributed by atoms with van der Waals surface area (Å²) in [6, 6.07) is 0. The molecule has 22 heavy (non-hydrogen) atoms. The third-order valence-corrected chi connectivity index (χ3v) is 3.53. The average molecular weight is 312 g/mol. The maximum Gasteiger partial charge on any atom is 0.306 e. The molecule has 1 heterocycles. The van der Waals surface area contributed by atoms with Crippen molar-refractivity contribution in [3.8, 4) is 0 Å². The molecule has 1 aliphatic rings. The van der Waals surface area contributed by atoms with Gasteiger partial charge in [-0.15, -0.1) is 13.2 Å². The van der Waals surface area contributed by atoms with Crippen LogP contribution in [0.2, 0.25) is 0 Å². The van der Waals surface area contributed by atoms with Gasteiger partial charge in [-0.1, -0.05) is 25.5 Å². The first-order valence-electron chi connectivity index (χ1n) is 7.81. The normalized spacial score (nSPS) is 26.2. The molecular formula is C17H28O5. The minimum absolute atomic E-state index is 0.142. The molecule has 0 aromatic carbocycles. The van der Waals surface area contributed by atoms with Gasteiger partial charge in [0.05, 0.1) is 6.10 Å². The molecule has 0 spiro atoms. The molecule has 126 valence electrons. The van der Waals surface area contributed by atoms with Gasteiger partial charge < -0.3 is 19.3 Å². The Balaban J connectivity index is 2.66. The average Bonchev–Trinajstić information content (AvgIpc) is 2.79. The van der Waals surface area contributed by atoms with E-state index in [4.69, 9.17) is 14.2 Å². The van der Waals surface area contributed by atoms with Gasteiger partial charge in [-0.25, -0.2) is 0 Å². The van der Waals surface area contributed by atoms with Gasteiger partial charge in [-0.05, 0) is 26.7 Å². The van der Waals surface area contributed by atoms with E-state index in [0.29, 0.717) is 12.8 Å². The fourth-order valence-corrected chi connectivity index (χ4v) is 2.47. The molecule has 0 unspecified atom stereocenters. The van der Waals surface area contributed by atoms with E-state index in [1.807, 2.05) is 20.8 Å². The van der Waals surface area contributed by atoms with E-state index in [1.54, 1.807) is 6.08 Å². The van der Waals surface area contributed by atoms with Crippen molar-refractivity contribution in [2.45, 2.75) is 76.7 Å². The smallest absolute Gasteiger partial charge is 0.306 e. The quantitative estimate of drug-likeness (QED) is 0.524. The largest absolute Gasteiger partial charge is 0.459 e. The van der Waals surface area contributed by atoms with E-state index in [2.05, 4.69) is 13.2 Å². The highest BCUT2D eigenvalue weighted by Gasteiger charge is 2.44. The van der Waals surface area contributed by atoms with E-state index >= 15 is 0 Å². The van der Waals surface area contributed by atoms with Crippen molar-refractivity contribution in [2.75, 3.05) is 0 Å². The summed E-state index contributed by atoms with van der Waals surface area (Å²) in [5.41, 5.74) is 0. The van der Waals surface area contributed by atoms with Gasteiger partial charge in [0.25, 0.3) is 0 Å². The zero-order valence-electron chi connectivity index (χ0n) is 13.8. The van der Waals surface area contributed by atoms with Crippen molar-refractivity contribution in [1.29, 1.82) is 0 Å². The number of aliphatic hydroxyl groups is 1. The van der Waals surface area contributed by atoms with E-state index in [9.17, 15) is 9.90 Å². The minimum Gasteiger partial charge on any atom is -0.459 e. The monoisotopic (exact) mass is 312 g/mol. The minimum atomic E-state index is -0.721. The number of rotatable bonds is 9. The Hall–Kier alpha value is -1.17. The highest BCUT2D eigenvalue weighted by Crippen LogP contribution is 2.33. The second kappa shape index (κ2) is 8.46. The summed E-state index contributed by atoms with van der Waals surface area (Å²) in [5, 5.41) is 9.42. The lowest BCUT2D eigenvalue weighted by atomic mass is 10.0. The molecule has 1 rings (SSSR count). The van der Waals surface area contributed by atoms with E-state index in [0.717, 1.165) is 6.42 Å². The number of aliphatic hydroxyl groups excluding tert-OH is 1. The van der Waals surface area contributed by atoms with Crippen LogP contribution in [0.1, 0.15) is 46.5 Å². The van der Waals surface area contributed by atoms with Crippen LogP contribution in [0.15, 0.2) is 25.3 Å². The number of esters is 1. The molecule has 0 radical (unpaired) electrons. The molecular weight excluding hydrogens is 284 g/mol. The lowest BCUT2D eigenvalue weighted by Gasteiger charge is -2.25. The topological polar surface area (TPSA) is 65.0 Å². The summed E-state index contributed by atoms with van der Waals surface area (Å²) in [5.74, 6) is -1.07. The Morgan fingerprint density at radius 3 is 2.59 bits per heavy atom. The molecule has 5 heteroatoms. The first-order valence-corrected chi connectivity index (χ1v) is 7.81. The van der Waals surface area contributed by atoms with E-state index in [1.165, 1.54) is 6.08 Å². The van der Waals surface area contributed by atoms with Crippen LogP contribution >= 0.6 is 0 Å². The van der Waals surface area contributed by atoms with Crippen molar-refractivity contribution in [3.05, 3.63) is 25.3 Å². The highest BCUT2D eigenvalue weighted by molar-refractivity contribution is 5.69. The summed E-state index contributed by atoms with van der Waals surface area (Å²) in [4.78, 5) is 12.0. The van der Waals surface area contributed by atoms with Gasteiger partial charge in [0.15, 0.2) is 5.79 Å². The number of carbonyl (C=O) groups excluding carboxylic acids is 1. The SMILES string of the molecule is C=C[C@@H](O)CCC(=O)O[C@H](CCC)[C@H]1OC(C)(C)O[C@H]1C=C. The van der Waals surface area contributed by atoms with Crippen molar-refractivity contribution >= 4 is 5.97 Å². The standard InChI is InChI=1S/C17H28O5/c1-6-9-14(20-15(19)11-10-12(18)7-2)16-13(8-3)21-17(4,5)22-16/h7-8,12-14,16,18H,2-3,6,9-11H2,1,4-5H3/t12-,13+,14-,16+/m1/s1. The third-order valence-electron chi connectivity index (χ3n) is 3.53. The Morgan fingerprint density at radius 2 is 2.05 bits per heavy atom. The van der Waals surface area contributed by atoms with Crippen molar-refractivity contribution in [1.82, 2.24) is 0 Å². The van der Waals surface area contributed by atoms with Crippen LogP contribution in [0.3, 0.4) is 0 Å². The molecule has 0 aliphatic carbocycles. The Morgan fingerprint density at radius 1 is 1.36 bits per heavy atom. The van der Waals surface area contributed by atoms with Crippen molar-refractivity contribution in [3.63, 3.8) is 0 Å². The summed E-state index contributed by atoms with van der Waals surface area (Å²) >= 11 is 0. The molecule has 0 amide bonds. The second-order valence-corrected chi connectivity index (χ2v) is 5.96. The van der Waals surface area contributed by atoms with Gasteiger partial charge in [0.2, 0.25) is 0 Å². The van der Waals surface area contributed by atoms with E-state index < -0.39 is 11.9 Å². The van der Waals surface area contributed by atoms with Crippen molar-refractivity contribution < 1.29 is 24.1 Å². The predicted molar refractivity (Wildman–Crippen MR) is 84.2 cm³/mol. The molecule has 5 nitrogen and oxygen atoms in total. The van der Waals surface area contributed by atoms with Crippen LogP contribution in [-0.2, 0) is 19.0 Å². The maximum atomic E-state index is 12.0. The van der Waals surface area contributed by atoms with Crippen LogP contribution in [-0.4, -0.2) is 41.3 Å². The summed E-state index contributed by atoms with van der Waals surface area (Å²) in [6.07, 6.45) is 3.33. The first-order chi connectivity index (χ1) is 10.3. The van der Waals surface area contributed by atoms with Gasteiger partial charge in [-0.3, -0.25) is 4.79 Å². The van der Waals surface area contributed by atoms with Gasteiger partial charge >= 0.3 is 5.97 Å². The van der Waals surface area contributed by atoms with Crippen LogP contribution in [0.5, 0.6) is 0 Å². The van der Waals surface area contributed by atoms with Crippen LogP contribution in [0, 0.1) is 0 Å². The first kappa shape index (κ1) is 18.9. The molecule has 0 saturated carbocycles. The predicted octanol–water partition coefficient (Wildman–Crippen LogP) is 2.73. The van der Waals surface area contributed by atoms with Gasteiger partial charge in [0, 0.05) is 6.42 Å². The number of hydrogen-bond acceptors (Lipinski definition) is 5. The zero-order valence-corrected chi connectivity index (χ0v) is 13.8. The molecule has 1 saturated heterocycles. The molecule has 1 N–H and O–H groups in total. The number of hydrogen-bond donors (Lipinski definition) is 1. The lowest BCUT2D eigenvalue weighted by molar-refractivity contribution is -0.171. The lowest BCUT2D eigenvalue weighted by Crippen LogP contribution is -2.38. The van der Waals surface area contributed by atoms with Crippen molar-refractivity contribution in [2.24, 2.45) is 0 Å². The molecule has 0 bridgehead atoms. The van der Waals surface area contributed by atoms with Gasteiger partial charge in [0.1, 0.15) is 18.3 Å². The van der Waals surface area contributed by atoms with Crippen LogP contribution in [0.4, 0.5) is 0 Å². The zero-order chi connectivity index (χ0) is 16.8. The summed E-state index contributed by atoms with van der Waals surface area (Å²) in [7, 11) is 0. The number of carbonyl (C=O) groups is 1. The molecule has 0 aromatic rings. The Bertz CT molecular complexity index is 391. The molecule has 1 fully saturated rings. The Labute approximate surface area is 132 Å². The van der Waals surface area contributed by atoms with Gasteiger partial charge in [-0.2, -0.15) is 0 Å². The Kier molecular flexibility index (Phi) is 7.26. The summed E-state index contributed by atoms with van der Waals surface area (Å²) < 4.78 is 17.2. The maximum absolute atomic E-state index is 12.0. The second-order valence-electron chi connectivity index (χ2n) is 5.96.